The molecule has 4 heterocycles. The smallest absolute Gasteiger partial charge is 0.135 e. The van der Waals surface area contributed by atoms with Gasteiger partial charge in [-0.1, -0.05) is 121 Å². The topological polar surface area (TPSA) is 27.9 Å². The first-order valence-electron chi connectivity index (χ1n) is 20.5. The zero-order valence-electron chi connectivity index (χ0n) is 32.5. The molecule has 280 valence electrons. The zero-order chi connectivity index (χ0) is 39.3. The summed E-state index contributed by atoms with van der Waals surface area (Å²) in [6.07, 6.45) is 0. The highest BCUT2D eigenvalue weighted by molar-refractivity contribution is 6.24. The molecule has 4 nitrogen and oxygen atoms in total. The van der Waals surface area contributed by atoms with Crippen LogP contribution in [-0.4, -0.2) is 13.7 Å². The highest BCUT2D eigenvalue weighted by Gasteiger charge is 2.25. The van der Waals surface area contributed by atoms with Crippen LogP contribution in [0.5, 0.6) is 0 Å². The van der Waals surface area contributed by atoms with Gasteiger partial charge in [-0.15, -0.1) is 0 Å². The van der Waals surface area contributed by atoms with Crippen molar-refractivity contribution in [2.24, 2.45) is 0 Å². The van der Waals surface area contributed by atoms with Crippen molar-refractivity contribution in [1.82, 2.24) is 13.7 Å². The Balaban J connectivity index is 1.18. The molecule has 0 fully saturated rings. The summed E-state index contributed by atoms with van der Waals surface area (Å²) in [5.41, 5.74) is 15.7. The molecule has 4 aromatic heterocycles. The van der Waals surface area contributed by atoms with Crippen molar-refractivity contribution < 1.29 is 4.42 Å². The lowest BCUT2D eigenvalue weighted by Gasteiger charge is -2.16. The van der Waals surface area contributed by atoms with Crippen molar-refractivity contribution in [3.8, 4) is 39.3 Å². The highest BCUT2D eigenvalue weighted by Crippen LogP contribution is 2.46. The molecule has 0 bridgehead atoms. The minimum Gasteiger partial charge on any atom is -0.456 e. The fourth-order valence-electron chi connectivity index (χ4n) is 9.84. The van der Waals surface area contributed by atoms with Crippen LogP contribution in [0.3, 0.4) is 0 Å². The SMILES string of the molecule is c1ccc(-n2c3ccccc3c3cc(-c4cc5c6c7ccccc7n(-c7ccccc7)c6n(-c6ccccc6)c5cc4-c4ccc5oc6ccccc6c5c4)ccc32)cc1. The molecular formula is C56H35N3O. The lowest BCUT2D eigenvalue weighted by molar-refractivity contribution is 0.669. The second-order valence-electron chi connectivity index (χ2n) is 15.7. The summed E-state index contributed by atoms with van der Waals surface area (Å²) in [5.74, 6) is 0. The average Bonchev–Trinajstić information content (AvgIpc) is 4.05. The van der Waals surface area contributed by atoms with Crippen molar-refractivity contribution in [2.45, 2.75) is 0 Å². The predicted octanol–water partition coefficient (Wildman–Crippen LogP) is 15.1. The molecule has 0 saturated heterocycles. The van der Waals surface area contributed by atoms with Gasteiger partial charge < -0.3 is 8.98 Å². The van der Waals surface area contributed by atoms with Crippen LogP contribution in [0.2, 0.25) is 0 Å². The maximum Gasteiger partial charge on any atom is 0.135 e. The van der Waals surface area contributed by atoms with E-state index in [1.165, 1.54) is 54.6 Å². The summed E-state index contributed by atoms with van der Waals surface area (Å²) in [6.45, 7) is 0. The van der Waals surface area contributed by atoms with Crippen LogP contribution in [-0.2, 0) is 0 Å². The van der Waals surface area contributed by atoms with Gasteiger partial charge in [0.25, 0.3) is 0 Å². The fourth-order valence-corrected chi connectivity index (χ4v) is 9.84. The van der Waals surface area contributed by atoms with Crippen molar-refractivity contribution in [3.05, 3.63) is 212 Å². The van der Waals surface area contributed by atoms with E-state index in [2.05, 4.69) is 220 Å². The first kappa shape index (κ1) is 32.9. The van der Waals surface area contributed by atoms with Gasteiger partial charge in [0.1, 0.15) is 16.8 Å². The summed E-state index contributed by atoms with van der Waals surface area (Å²) in [5, 5.41) is 8.36. The average molecular weight is 766 g/mol. The van der Waals surface area contributed by atoms with Crippen LogP contribution in [0.4, 0.5) is 0 Å². The third kappa shape index (κ3) is 4.73. The molecule has 13 aromatic rings. The lowest BCUT2D eigenvalue weighted by atomic mass is 9.91. The lowest BCUT2D eigenvalue weighted by Crippen LogP contribution is -2.01. The van der Waals surface area contributed by atoms with Crippen molar-refractivity contribution in [2.75, 3.05) is 0 Å². The van der Waals surface area contributed by atoms with Gasteiger partial charge in [0, 0.05) is 54.8 Å². The van der Waals surface area contributed by atoms with Crippen molar-refractivity contribution >= 4 is 76.6 Å². The van der Waals surface area contributed by atoms with Gasteiger partial charge >= 0.3 is 0 Å². The minimum absolute atomic E-state index is 0.888. The molecular weight excluding hydrogens is 731 g/mol. The maximum atomic E-state index is 6.35. The Hall–Kier alpha value is -8.08. The maximum absolute atomic E-state index is 6.35. The van der Waals surface area contributed by atoms with Gasteiger partial charge in [0.2, 0.25) is 0 Å². The predicted molar refractivity (Wildman–Crippen MR) is 250 cm³/mol. The molecule has 0 spiro atoms. The quantitative estimate of drug-likeness (QED) is 0.171. The van der Waals surface area contributed by atoms with E-state index < -0.39 is 0 Å². The molecule has 4 heteroatoms. The Labute approximate surface area is 345 Å². The molecule has 9 aromatic carbocycles. The van der Waals surface area contributed by atoms with E-state index in [0.29, 0.717) is 0 Å². The molecule has 0 amide bonds. The summed E-state index contributed by atoms with van der Waals surface area (Å²) in [4.78, 5) is 0. The monoisotopic (exact) mass is 765 g/mol. The molecule has 60 heavy (non-hydrogen) atoms. The second kappa shape index (κ2) is 12.7. The Morgan fingerprint density at radius 1 is 0.283 bits per heavy atom. The third-order valence-electron chi connectivity index (χ3n) is 12.4. The van der Waals surface area contributed by atoms with Crippen molar-refractivity contribution in [1.29, 1.82) is 0 Å². The number of hydrogen-bond acceptors (Lipinski definition) is 1. The van der Waals surface area contributed by atoms with E-state index >= 15 is 0 Å². The summed E-state index contributed by atoms with van der Waals surface area (Å²) in [6, 6.07) is 76.8. The number of para-hydroxylation sites is 6. The molecule has 0 unspecified atom stereocenters. The minimum atomic E-state index is 0.888. The number of rotatable bonds is 5. The van der Waals surface area contributed by atoms with E-state index in [1.807, 2.05) is 6.07 Å². The largest absolute Gasteiger partial charge is 0.456 e. The molecule has 0 atom stereocenters. The Morgan fingerprint density at radius 2 is 0.767 bits per heavy atom. The molecule has 0 aliphatic heterocycles. The van der Waals surface area contributed by atoms with E-state index in [1.54, 1.807) is 0 Å². The Morgan fingerprint density at radius 3 is 1.47 bits per heavy atom. The second-order valence-corrected chi connectivity index (χ2v) is 15.7. The summed E-state index contributed by atoms with van der Waals surface area (Å²) >= 11 is 0. The van der Waals surface area contributed by atoms with Crippen molar-refractivity contribution in [3.63, 3.8) is 0 Å². The van der Waals surface area contributed by atoms with Crippen LogP contribution in [0.15, 0.2) is 217 Å². The summed E-state index contributed by atoms with van der Waals surface area (Å²) < 4.78 is 13.6. The normalized spacial score (nSPS) is 12.0. The standard InChI is InChI=1S/C56H35N3O/c1-4-16-38(17-5-1)57-49-25-13-10-22-41(49)46-32-36(28-30-51(46)57)44-34-48-52(35-45(44)37-29-31-54-47(33-37)42-23-12-15-27-53(42)60-54)59(40-20-8-3-9-21-40)56-55(48)43-24-11-14-26-50(43)58(56)39-18-6-2-7-19-39/h1-35H. The van der Waals surface area contributed by atoms with Gasteiger partial charge in [-0.3, -0.25) is 9.13 Å². The third-order valence-corrected chi connectivity index (χ3v) is 12.4. The number of benzene rings is 9. The number of hydrogen-bond donors (Lipinski definition) is 0. The highest BCUT2D eigenvalue weighted by atomic mass is 16.3. The van der Waals surface area contributed by atoms with E-state index in [9.17, 15) is 0 Å². The van der Waals surface area contributed by atoms with E-state index in [0.717, 1.165) is 61.3 Å². The number of furan rings is 1. The van der Waals surface area contributed by atoms with E-state index in [-0.39, 0.29) is 0 Å². The summed E-state index contributed by atoms with van der Waals surface area (Å²) in [7, 11) is 0. The fraction of sp³-hybridized carbons (Fsp3) is 0. The number of fused-ring (bicyclic) bond motifs is 11. The first-order chi connectivity index (χ1) is 29.8. The van der Waals surface area contributed by atoms with Crippen LogP contribution in [0.1, 0.15) is 0 Å². The van der Waals surface area contributed by atoms with Gasteiger partial charge in [0.05, 0.1) is 22.1 Å². The zero-order valence-corrected chi connectivity index (χ0v) is 32.5. The first-order valence-corrected chi connectivity index (χ1v) is 20.5. The molecule has 0 aliphatic rings. The molecule has 0 aliphatic carbocycles. The number of nitrogens with zero attached hydrogens (tertiary/aromatic N) is 3. The van der Waals surface area contributed by atoms with Gasteiger partial charge in [-0.05, 0) is 113 Å². The van der Waals surface area contributed by atoms with Gasteiger partial charge in [-0.25, -0.2) is 0 Å². The molecule has 0 radical (unpaired) electrons. The molecule has 0 N–H and O–H groups in total. The van der Waals surface area contributed by atoms with Crippen LogP contribution < -0.4 is 0 Å². The van der Waals surface area contributed by atoms with Crippen LogP contribution in [0.25, 0.3) is 116 Å². The van der Waals surface area contributed by atoms with Crippen LogP contribution in [0, 0.1) is 0 Å². The number of aromatic nitrogens is 3. The molecule has 13 rings (SSSR count). The van der Waals surface area contributed by atoms with E-state index in [4.69, 9.17) is 4.42 Å². The van der Waals surface area contributed by atoms with Gasteiger partial charge in [0.15, 0.2) is 0 Å². The van der Waals surface area contributed by atoms with Crippen LogP contribution >= 0.6 is 0 Å². The molecule has 0 saturated carbocycles. The Bertz CT molecular complexity index is 3810. The van der Waals surface area contributed by atoms with Gasteiger partial charge in [-0.2, -0.15) is 0 Å². The Kier molecular flexibility index (Phi) is 6.98.